The van der Waals surface area contributed by atoms with Crippen LogP contribution in [0.3, 0.4) is 0 Å². The molecule has 2 unspecified atom stereocenters. The average Bonchev–Trinajstić information content (AvgIpc) is 2.63. The van der Waals surface area contributed by atoms with E-state index in [2.05, 4.69) is 9.50 Å². The van der Waals surface area contributed by atoms with Crippen LogP contribution in [0, 0.1) is 0 Å². The van der Waals surface area contributed by atoms with Crippen LogP contribution in [0.25, 0.3) is 0 Å². The number of ether oxygens (including phenoxy) is 2. The summed E-state index contributed by atoms with van der Waals surface area (Å²) in [5.74, 6) is -2.88. The Hall–Kier alpha value is -2.51. The summed E-state index contributed by atoms with van der Waals surface area (Å²) in [6.07, 6.45) is -0.287. The third kappa shape index (κ3) is 5.64. The maximum atomic E-state index is 12.8. The second-order valence-corrected chi connectivity index (χ2v) is 9.72. The predicted molar refractivity (Wildman–Crippen MR) is 102 cm³/mol. The van der Waals surface area contributed by atoms with Crippen LogP contribution in [0.15, 0.2) is 11.5 Å². The largest absolute Gasteiger partial charge is 0.534 e. The fourth-order valence-corrected chi connectivity index (χ4v) is 3.61. The Labute approximate surface area is 183 Å². The van der Waals surface area contributed by atoms with Crippen LogP contribution >= 0.6 is 0 Å². The first-order valence-electron chi connectivity index (χ1n) is 9.82. The first-order chi connectivity index (χ1) is 14.6. The Kier molecular flexibility index (Phi) is 7.37. The molecule has 1 saturated heterocycles. The summed E-state index contributed by atoms with van der Waals surface area (Å²) in [5.41, 5.74) is -7.30. The molecule has 1 N–H and O–H groups in total. The molecule has 0 spiro atoms. The highest BCUT2D eigenvalue weighted by Crippen LogP contribution is 2.39. The Morgan fingerprint density at radius 2 is 1.84 bits per heavy atom. The number of nitrogens with zero attached hydrogens (tertiary/aromatic N) is 1. The van der Waals surface area contributed by atoms with E-state index in [1.54, 1.807) is 27.7 Å². The molecule has 1 fully saturated rings. The fourth-order valence-electron chi connectivity index (χ4n) is 3.09. The van der Waals surface area contributed by atoms with Gasteiger partial charge in [0.05, 0.1) is 12.6 Å². The summed E-state index contributed by atoms with van der Waals surface area (Å²) in [5, 5.41) is 2.35. The Morgan fingerprint density at radius 3 is 2.38 bits per heavy atom. The summed E-state index contributed by atoms with van der Waals surface area (Å²) in [7, 11) is -6.07. The van der Waals surface area contributed by atoms with E-state index < -0.39 is 69.2 Å². The van der Waals surface area contributed by atoms with Gasteiger partial charge < -0.3 is 19.0 Å². The van der Waals surface area contributed by atoms with E-state index in [1.165, 1.54) is 0 Å². The molecular weight excluding hydrogens is 461 g/mol. The molecule has 14 heteroatoms. The van der Waals surface area contributed by atoms with Gasteiger partial charge >= 0.3 is 27.7 Å². The van der Waals surface area contributed by atoms with Gasteiger partial charge in [-0.05, 0) is 33.6 Å². The molecule has 32 heavy (non-hydrogen) atoms. The number of esters is 1. The zero-order valence-corrected chi connectivity index (χ0v) is 18.8. The number of fused-ring (bicyclic) bond motifs is 1. The van der Waals surface area contributed by atoms with Crippen molar-refractivity contribution in [3.63, 3.8) is 0 Å². The molecule has 0 aromatic carbocycles. The van der Waals surface area contributed by atoms with Crippen LogP contribution in [-0.4, -0.2) is 61.1 Å². The zero-order chi connectivity index (χ0) is 24.5. The predicted octanol–water partition coefficient (Wildman–Crippen LogP) is 2.31. The molecule has 0 saturated carbocycles. The van der Waals surface area contributed by atoms with E-state index in [-0.39, 0.29) is 13.0 Å². The number of halogens is 3. The van der Waals surface area contributed by atoms with Crippen LogP contribution in [-0.2, 0) is 33.4 Å². The summed E-state index contributed by atoms with van der Waals surface area (Å²) in [4.78, 5) is 38.0. The SMILES string of the molecule is CCCCOC(=O)C1=C(OS(=O)(=O)C(F)(F)F)CCC2C(NC(=O)OC(C)(C)C)C(=O)N12. The van der Waals surface area contributed by atoms with E-state index >= 15 is 0 Å². The standard InChI is InChI=1S/C18H25F3N2O8S/c1-5-6-9-29-15(25)13-11(31-32(27,28)18(19,20)21)8-7-10-12(14(24)23(10)13)22-16(26)30-17(2,3)4/h10,12H,5-9H2,1-4H3,(H,22,26). The lowest BCUT2D eigenvalue weighted by Crippen LogP contribution is -2.72. The van der Waals surface area contributed by atoms with Gasteiger partial charge in [0, 0.05) is 6.42 Å². The van der Waals surface area contributed by atoms with Gasteiger partial charge in [0.15, 0.2) is 11.5 Å². The topological polar surface area (TPSA) is 128 Å². The van der Waals surface area contributed by atoms with E-state index in [4.69, 9.17) is 9.47 Å². The number of amides is 2. The van der Waals surface area contributed by atoms with Gasteiger partial charge in [-0.2, -0.15) is 21.6 Å². The van der Waals surface area contributed by atoms with Crippen molar-refractivity contribution in [3.05, 3.63) is 11.5 Å². The molecule has 0 aliphatic carbocycles. The molecule has 2 aliphatic rings. The molecule has 0 aromatic rings. The summed E-state index contributed by atoms with van der Waals surface area (Å²) < 4.78 is 75.5. The van der Waals surface area contributed by atoms with Gasteiger partial charge in [0.1, 0.15) is 11.6 Å². The van der Waals surface area contributed by atoms with Gasteiger partial charge in [0.25, 0.3) is 5.91 Å². The highest BCUT2D eigenvalue weighted by Gasteiger charge is 2.56. The minimum Gasteiger partial charge on any atom is -0.461 e. The van der Waals surface area contributed by atoms with E-state index in [9.17, 15) is 36.0 Å². The van der Waals surface area contributed by atoms with Crippen molar-refractivity contribution < 1.29 is 49.6 Å². The van der Waals surface area contributed by atoms with Crippen LogP contribution in [0.1, 0.15) is 53.4 Å². The molecule has 2 amide bonds. The number of alkyl halides is 3. The quantitative estimate of drug-likeness (QED) is 0.191. The normalized spacial score (nSPS) is 21.5. The Bertz CT molecular complexity index is 908. The second-order valence-electron chi connectivity index (χ2n) is 8.18. The van der Waals surface area contributed by atoms with Gasteiger partial charge in [-0.25, -0.2) is 9.59 Å². The average molecular weight is 486 g/mol. The van der Waals surface area contributed by atoms with Gasteiger partial charge in [-0.3, -0.25) is 9.69 Å². The zero-order valence-electron chi connectivity index (χ0n) is 17.9. The Morgan fingerprint density at radius 1 is 1.22 bits per heavy atom. The molecular formula is C18H25F3N2O8S. The lowest BCUT2D eigenvalue weighted by molar-refractivity contribution is -0.157. The number of nitrogens with one attached hydrogen (secondary N) is 1. The van der Waals surface area contributed by atoms with Crippen molar-refractivity contribution in [2.75, 3.05) is 6.61 Å². The number of hydrogen-bond acceptors (Lipinski definition) is 8. The minimum atomic E-state index is -6.07. The van der Waals surface area contributed by atoms with Crippen molar-refractivity contribution in [1.82, 2.24) is 10.2 Å². The molecule has 2 aliphatic heterocycles. The maximum absolute atomic E-state index is 12.8. The first-order valence-corrected chi connectivity index (χ1v) is 11.2. The molecule has 0 aromatic heterocycles. The van der Waals surface area contributed by atoms with Crippen molar-refractivity contribution in [2.24, 2.45) is 0 Å². The van der Waals surface area contributed by atoms with Crippen LogP contribution in [0.2, 0.25) is 0 Å². The van der Waals surface area contributed by atoms with E-state index in [1.807, 2.05) is 0 Å². The van der Waals surface area contributed by atoms with Gasteiger partial charge in [0.2, 0.25) is 0 Å². The van der Waals surface area contributed by atoms with Crippen molar-refractivity contribution in [2.45, 2.75) is 76.6 Å². The minimum absolute atomic E-state index is 0.0688. The van der Waals surface area contributed by atoms with Gasteiger partial charge in [-0.1, -0.05) is 13.3 Å². The van der Waals surface area contributed by atoms with Crippen LogP contribution in [0.4, 0.5) is 18.0 Å². The third-order valence-electron chi connectivity index (χ3n) is 4.48. The number of alkyl carbamates (subject to hydrolysis) is 1. The first kappa shape index (κ1) is 25.7. The highest BCUT2D eigenvalue weighted by atomic mass is 32.2. The number of β-lactam (4-membered cyclic amide) rings is 1. The maximum Gasteiger partial charge on any atom is 0.534 e. The molecule has 2 atom stereocenters. The number of carbonyl (C=O) groups is 3. The molecule has 10 nitrogen and oxygen atoms in total. The monoisotopic (exact) mass is 486 g/mol. The lowest BCUT2D eigenvalue weighted by Gasteiger charge is -2.49. The molecule has 0 bridgehead atoms. The van der Waals surface area contributed by atoms with Crippen LogP contribution < -0.4 is 5.32 Å². The van der Waals surface area contributed by atoms with Crippen molar-refractivity contribution >= 4 is 28.1 Å². The van der Waals surface area contributed by atoms with E-state index in [0.29, 0.717) is 12.8 Å². The lowest BCUT2D eigenvalue weighted by atomic mass is 9.86. The molecule has 2 rings (SSSR count). The van der Waals surface area contributed by atoms with Crippen LogP contribution in [0.5, 0.6) is 0 Å². The number of hydrogen-bond donors (Lipinski definition) is 1. The van der Waals surface area contributed by atoms with E-state index in [0.717, 1.165) is 4.90 Å². The number of rotatable bonds is 7. The van der Waals surface area contributed by atoms with Crippen molar-refractivity contribution in [3.8, 4) is 0 Å². The summed E-state index contributed by atoms with van der Waals surface area (Å²) in [6.45, 7) is 6.55. The highest BCUT2D eigenvalue weighted by molar-refractivity contribution is 7.87. The smallest absolute Gasteiger partial charge is 0.461 e. The molecule has 2 heterocycles. The number of unbranched alkanes of at least 4 members (excludes halogenated alkanes) is 1. The third-order valence-corrected chi connectivity index (χ3v) is 5.47. The Balaban J connectivity index is 2.30. The summed E-state index contributed by atoms with van der Waals surface area (Å²) in [6, 6.07) is -1.92. The number of allylic oxidation sites excluding steroid dienone is 1. The molecule has 182 valence electrons. The summed E-state index contributed by atoms with van der Waals surface area (Å²) >= 11 is 0. The molecule has 0 radical (unpaired) electrons. The van der Waals surface area contributed by atoms with Crippen molar-refractivity contribution in [1.29, 1.82) is 0 Å². The second kappa shape index (κ2) is 9.16. The van der Waals surface area contributed by atoms with Gasteiger partial charge in [-0.15, -0.1) is 0 Å². The number of carbonyl (C=O) groups excluding carboxylic acids is 3. The fraction of sp³-hybridized carbons (Fsp3) is 0.722.